The van der Waals surface area contributed by atoms with Crippen LogP contribution in [0.5, 0.6) is 0 Å². The highest BCUT2D eigenvalue weighted by Gasteiger charge is 2.17. The average molecular weight is 235 g/mol. The third-order valence-corrected chi connectivity index (χ3v) is 2.88. The molecule has 0 bridgehead atoms. The van der Waals surface area contributed by atoms with Gasteiger partial charge in [-0.05, 0) is 25.3 Å². The molecule has 0 aliphatic heterocycles. The van der Waals surface area contributed by atoms with Crippen LogP contribution in [0.4, 0.5) is 0 Å². The van der Waals surface area contributed by atoms with Crippen molar-refractivity contribution in [1.29, 1.82) is 0 Å². The van der Waals surface area contributed by atoms with Crippen molar-refractivity contribution >= 4 is 5.97 Å². The molecule has 2 atom stereocenters. The molecule has 1 aromatic carbocycles. The van der Waals surface area contributed by atoms with E-state index in [1.165, 1.54) is 18.2 Å². The van der Waals surface area contributed by atoms with E-state index >= 15 is 0 Å². The lowest BCUT2D eigenvalue weighted by molar-refractivity contribution is -0.145. The number of methoxy groups -OCH3 is 1. The van der Waals surface area contributed by atoms with Gasteiger partial charge < -0.3 is 10.5 Å². The molecule has 3 heteroatoms. The Morgan fingerprint density at radius 2 is 1.94 bits per heavy atom. The number of esters is 1. The lowest BCUT2D eigenvalue weighted by Gasteiger charge is -2.15. The first kappa shape index (κ1) is 13.7. The van der Waals surface area contributed by atoms with Gasteiger partial charge in [-0.2, -0.15) is 0 Å². The van der Waals surface area contributed by atoms with Crippen LogP contribution in [0.25, 0.3) is 0 Å². The highest BCUT2D eigenvalue weighted by atomic mass is 16.5. The summed E-state index contributed by atoms with van der Waals surface area (Å²) in [6, 6.07) is 8.31. The zero-order valence-electron chi connectivity index (χ0n) is 10.8. The molecule has 3 nitrogen and oxygen atoms in total. The first-order chi connectivity index (χ1) is 8.02. The molecule has 94 valence electrons. The van der Waals surface area contributed by atoms with Crippen LogP contribution < -0.4 is 5.73 Å². The molecule has 1 aromatic rings. The SMILES string of the molecule is COC(=O)C(C)C[C@@H](N)Cc1ccc(C)cc1. The predicted molar refractivity (Wildman–Crippen MR) is 68.7 cm³/mol. The van der Waals surface area contributed by atoms with Crippen LogP contribution >= 0.6 is 0 Å². The molecule has 0 saturated heterocycles. The lowest BCUT2D eigenvalue weighted by atomic mass is 9.96. The van der Waals surface area contributed by atoms with Gasteiger partial charge in [-0.25, -0.2) is 0 Å². The number of nitrogens with two attached hydrogens (primary N) is 1. The first-order valence-corrected chi connectivity index (χ1v) is 5.92. The van der Waals surface area contributed by atoms with Crippen LogP contribution in [0.15, 0.2) is 24.3 Å². The van der Waals surface area contributed by atoms with Crippen LogP contribution in [0.2, 0.25) is 0 Å². The third-order valence-electron chi connectivity index (χ3n) is 2.88. The van der Waals surface area contributed by atoms with Crippen molar-refractivity contribution in [2.75, 3.05) is 7.11 Å². The van der Waals surface area contributed by atoms with E-state index < -0.39 is 0 Å². The summed E-state index contributed by atoms with van der Waals surface area (Å²) in [4.78, 5) is 11.3. The van der Waals surface area contributed by atoms with E-state index in [-0.39, 0.29) is 17.9 Å². The average Bonchev–Trinajstić information content (AvgIpc) is 2.30. The van der Waals surface area contributed by atoms with E-state index in [1.54, 1.807) is 0 Å². The van der Waals surface area contributed by atoms with E-state index in [4.69, 9.17) is 5.73 Å². The van der Waals surface area contributed by atoms with Gasteiger partial charge in [0, 0.05) is 6.04 Å². The smallest absolute Gasteiger partial charge is 0.308 e. The normalized spacial score (nSPS) is 14.1. The molecule has 0 aliphatic carbocycles. The molecule has 1 rings (SSSR count). The molecule has 0 fully saturated rings. The van der Waals surface area contributed by atoms with Gasteiger partial charge in [0.05, 0.1) is 13.0 Å². The van der Waals surface area contributed by atoms with E-state index in [0.717, 1.165) is 6.42 Å². The van der Waals surface area contributed by atoms with Crippen molar-refractivity contribution in [3.05, 3.63) is 35.4 Å². The molecule has 0 heterocycles. The Morgan fingerprint density at radius 1 is 1.35 bits per heavy atom. The van der Waals surface area contributed by atoms with Crippen molar-refractivity contribution in [2.24, 2.45) is 11.7 Å². The van der Waals surface area contributed by atoms with Crippen LogP contribution in [0, 0.1) is 12.8 Å². The summed E-state index contributed by atoms with van der Waals surface area (Å²) >= 11 is 0. The second-order valence-electron chi connectivity index (χ2n) is 4.61. The molecule has 0 saturated carbocycles. The van der Waals surface area contributed by atoms with Crippen LogP contribution in [0.1, 0.15) is 24.5 Å². The van der Waals surface area contributed by atoms with Crippen LogP contribution in [-0.4, -0.2) is 19.1 Å². The molecule has 2 N–H and O–H groups in total. The monoisotopic (exact) mass is 235 g/mol. The Hall–Kier alpha value is -1.35. The largest absolute Gasteiger partial charge is 0.469 e. The second kappa shape index (κ2) is 6.40. The summed E-state index contributed by atoms with van der Waals surface area (Å²) in [6.07, 6.45) is 1.45. The number of ether oxygens (including phenoxy) is 1. The molecular formula is C14H21NO2. The Balaban J connectivity index is 2.46. The highest BCUT2D eigenvalue weighted by Crippen LogP contribution is 2.12. The van der Waals surface area contributed by atoms with Gasteiger partial charge in [0.25, 0.3) is 0 Å². The zero-order valence-corrected chi connectivity index (χ0v) is 10.8. The number of carbonyl (C=O) groups is 1. The number of aryl methyl sites for hydroxylation is 1. The number of carbonyl (C=O) groups excluding carboxylic acids is 1. The highest BCUT2D eigenvalue weighted by molar-refractivity contribution is 5.71. The number of hydrogen-bond acceptors (Lipinski definition) is 3. The number of hydrogen-bond donors (Lipinski definition) is 1. The fraction of sp³-hybridized carbons (Fsp3) is 0.500. The Bertz CT molecular complexity index is 359. The first-order valence-electron chi connectivity index (χ1n) is 5.92. The van der Waals surface area contributed by atoms with Crippen LogP contribution in [0.3, 0.4) is 0 Å². The maximum absolute atomic E-state index is 11.3. The van der Waals surface area contributed by atoms with Crippen molar-refractivity contribution < 1.29 is 9.53 Å². The molecule has 0 aliphatic rings. The molecule has 0 aromatic heterocycles. The van der Waals surface area contributed by atoms with E-state index in [2.05, 4.69) is 35.9 Å². The Labute approximate surface area is 103 Å². The Morgan fingerprint density at radius 3 is 2.47 bits per heavy atom. The number of benzene rings is 1. The zero-order chi connectivity index (χ0) is 12.8. The van der Waals surface area contributed by atoms with E-state index in [1.807, 2.05) is 6.92 Å². The van der Waals surface area contributed by atoms with E-state index in [0.29, 0.717) is 6.42 Å². The maximum atomic E-state index is 11.3. The van der Waals surface area contributed by atoms with Crippen molar-refractivity contribution in [2.45, 2.75) is 32.7 Å². The molecule has 0 amide bonds. The van der Waals surface area contributed by atoms with Crippen molar-refractivity contribution in [3.8, 4) is 0 Å². The number of rotatable bonds is 5. The molecule has 0 radical (unpaired) electrons. The molecular weight excluding hydrogens is 214 g/mol. The standard InChI is InChI=1S/C14H21NO2/c1-10-4-6-12(7-5-10)9-13(15)8-11(2)14(16)17-3/h4-7,11,13H,8-9,15H2,1-3H3/t11?,13-/m1/s1. The van der Waals surface area contributed by atoms with E-state index in [9.17, 15) is 4.79 Å². The van der Waals surface area contributed by atoms with Gasteiger partial charge in [-0.3, -0.25) is 4.79 Å². The van der Waals surface area contributed by atoms with Gasteiger partial charge in [-0.1, -0.05) is 36.8 Å². The van der Waals surface area contributed by atoms with Crippen molar-refractivity contribution in [3.63, 3.8) is 0 Å². The van der Waals surface area contributed by atoms with Gasteiger partial charge in [-0.15, -0.1) is 0 Å². The quantitative estimate of drug-likeness (QED) is 0.795. The molecule has 0 spiro atoms. The van der Waals surface area contributed by atoms with Gasteiger partial charge in [0.1, 0.15) is 0 Å². The fourth-order valence-electron chi connectivity index (χ4n) is 1.86. The second-order valence-corrected chi connectivity index (χ2v) is 4.61. The fourth-order valence-corrected chi connectivity index (χ4v) is 1.86. The van der Waals surface area contributed by atoms with Crippen LogP contribution in [-0.2, 0) is 16.0 Å². The topological polar surface area (TPSA) is 52.3 Å². The summed E-state index contributed by atoms with van der Waals surface area (Å²) in [5.74, 6) is -0.329. The van der Waals surface area contributed by atoms with Gasteiger partial charge in [0.15, 0.2) is 0 Å². The summed E-state index contributed by atoms with van der Waals surface area (Å²) in [6.45, 7) is 3.91. The Kier molecular flexibility index (Phi) is 5.16. The van der Waals surface area contributed by atoms with Gasteiger partial charge in [0.2, 0.25) is 0 Å². The third kappa shape index (κ3) is 4.57. The summed E-state index contributed by atoms with van der Waals surface area (Å²) in [5, 5.41) is 0. The summed E-state index contributed by atoms with van der Waals surface area (Å²) in [5.41, 5.74) is 8.48. The summed E-state index contributed by atoms with van der Waals surface area (Å²) in [7, 11) is 1.41. The van der Waals surface area contributed by atoms with Crippen molar-refractivity contribution in [1.82, 2.24) is 0 Å². The minimum absolute atomic E-state index is 0.00759. The predicted octanol–water partition coefficient (Wildman–Crippen LogP) is 2.06. The molecule has 17 heavy (non-hydrogen) atoms. The lowest BCUT2D eigenvalue weighted by Crippen LogP contribution is -2.28. The minimum Gasteiger partial charge on any atom is -0.469 e. The summed E-state index contributed by atoms with van der Waals surface area (Å²) < 4.78 is 4.68. The minimum atomic E-state index is -0.190. The van der Waals surface area contributed by atoms with Gasteiger partial charge >= 0.3 is 5.97 Å². The maximum Gasteiger partial charge on any atom is 0.308 e. The molecule has 1 unspecified atom stereocenters.